The normalized spacial score (nSPS) is 10.2. The van der Waals surface area contributed by atoms with E-state index in [0.29, 0.717) is 15.7 Å². The number of halogens is 3. The van der Waals surface area contributed by atoms with Crippen LogP contribution in [0.25, 0.3) is 0 Å². The number of ether oxygens (including phenoxy) is 1. The van der Waals surface area contributed by atoms with Gasteiger partial charge in [-0.2, -0.15) is 0 Å². The molecule has 2 N–H and O–H groups in total. The number of nitrogens with one attached hydrogen (secondary N) is 2. The smallest absolute Gasteiger partial charge is 0.325 e. The molecule has 0 radical (unpaired) electrons. The van der Waals surface area contributed by atoms with Crippen LogP contribution in [0.3, 0.4) is 0 Å². The van der Waals surface area contributed by atoms with Gasteiger partial charge in [0.05, 0.1) is 10.6 Å². The zero-order chi connectivity index (χ0) is 20.0. The van der Waals surface area contributed by atoms with Gasteiger partial charge in [0.25, 0.3) is 11.8 Å². The van der Waals surface area contributed by atoms with Crippen LogP contribution in [-0.2, 0) is 14.3 Å². The SMILES string of the molecule is Cc1cc(Cl)ccc1NC(=O)COC(=O)CNC(=O)c1ccc(Cl)cc1Cl. The first-order valence-corrected chi connectivity index (χ1v) is 8.84. The van der Waals surface area contributed by atoms with E-state index in [1.54, 1.807) is 25.1 Å². The van der Waals surface area contributed by atoms with Crippen molar-refractivity contribution in [3.8, 4) is 0 Å². The van der Waals surface area contributed by atoms with Crippen LogP contribution < -0.4 is 10.6 Å². The Morgan fingerprint density at radius 2 is 1.67 bits per heavy atom. The molecule has 27 heavy (non-hydrogen) atoms. The number of anilines is 1. The van der Waals surface area contributed by atoms with Crippen molar-refractivity contribution < 1.29 is 19.1 Å². The number of hydrogen-bond donors (Lipinski definition) is 2. The van der Waals surface area contributed by atoms with Gasteiger partial charge in [-0.15, -0.1) is 0 Å². The van der Waals surface area contributed by atoms with Crippen molar-refractivity contribution in [3.63, 3.8) is 0 Å². The van der Waals surface area contributed by atoms with Gasteiger partial charge in [0.15, 0.2) is 6.61 Å². The van der Waals surface area contributed by atoms with Crippen LogP contribution in [0, 0.1) is 6.92 Å². The Labute approximate surface area is 170 Å². The Morgan fingerprint density at radius 1 is 1.00 bits per heavy atom. The van der Waals surface area contributed by atoms with Gasteiger partial charge in [-0.05, 0) is 48.9 Å². The second-order valence-electron chi connectivity index (χ2n) is 5.47. The standard InChI is InChI=1S/C18H15Cl3N2O4/c1-10-6-11(19)3-5-15(10)23-16(24)9-27-17(25)8-22-18(26)13-4-2-12(20)7-14(13)21/h2-7H,8-9H2,1H3,(H,22,26)(H,23,24). The number of carbonyl (C=O) groups excluding carboxylic acids is 3. The summed E-state index contributed by atoms with van der Waals surface area (Å²) in [4.78, 5) is 35.5. The second kappa shape index (κ2) is 9.60. The van der Waals surface area contributed by atoms with Gasteiger partial charge >= 0.3 is 5.97 Å². The molecule has 6 nitrogen and oxygen atoms in total. The minimum atomic E-state index is -0.767. The lowest BCUT2D eigenvalue weighted by Crippen LogP contribution is -2.32. The number of benzene rings is 2. The van der Waals surface area contributed by atoms with Crippen LogP contribution in [-0.4, -0.2) is 30.9 Å². The third-order valence-corrected chi connectivity index (χ3v) is 4.18. The van der Waals surface area contributed by atoms with E-state index in [1.807, 2.05) is 0 Å². The van der Waals surface area contributed by atoms with Gasteiger partial charge in [0.1, 0.15) is 6.54 Å². The zero-order valence-corrected chi connectivity index (χ0v) is 16.4. The van der Waals surface area contributed by atoms with Crippen LogP contribution >= 0.6 is 34.8 Å². The van der Waals surface area contributed by atoms with E-state index in [9.17, 15) is 14.4 Å². The lowest BCUT2D eigenvalue weighted by atomic mass is 10.2. The van der Waals surface area contributed by atoms with Gasteiger partial charge < -0.3 is 15.4 Å². The van der Waals surface area contributed by atoms with E-state index in [1.165, 1.54) is 18.2 Å². The summed E-state index contributed by atoms with van der Waals surface area (Å²) in [5, 5.41) is 6.06. The molecule has 2 rings (SSSR count). The highest BCUT2D eigenvalue weighted by Gasteiger charge is 2.14. The summed E-state index contributed by atoms with van der Waals surface area (Å²) in [6.45, 7) is 0.883. The quantitative estimate of drug-likeness (QED) is 0.683. The summed E-state index contributed by atoms with van der Waals surface area (Å²) < 4.78 is 4.83. The average molecular weight is 430 g/mol. The monoisotopic (exact) mass is 428 g/mol. The summed E-state index contributed by atoms with van der Waals surface area (Å²) in [6.07, 6.45) is 0. The lowest BCUT2D eigenvalue weighted by Gasteiger charge is -2.10. The molecule has 0 saturated carbocycles. The fraction of sp³-hybridized carbons (Fsp3) is 0.167. The van der Waals surface area contributed by atoms with E-state index in [0.717, 1.165) is 5.56 Å². The maximum absolute atomic E-state index is 12.0. The molecule has 0 saturated heterocycles. The third kappa shape index (κ3) is 6.43. The van der Waals surface area contributed by atoms with Crippen LogP contribution in [0.5, 0.6) is 0 Å². The Bertz CT molecular complexity index is 887. The molecule has 0 spiro atoms. The summed E-state index contributed by atoms with van der Waals surface area (Å²) in [5.74, 6) is -1.84. The summed E-state index contributed by atoms with van der Waals surface area (Å²) in [5.41, 5.74) is 1.50. The maximum atomic E-state index is 12.0. The fourth-order valence-corrected chi connectivity index (χ4v) is 2.79. The number of aryl methyl sites for hydroxylation is 1. The molecule has 0 aromatic heterocycles. The molecule has 0 bridgehead atoms. The predicted molar refractivity (Wildman–Crippen MR) is 105 cm³/mol. The van der Waals surface area contributed by atoms with E-state index >= 15 is 0 Å². The number of hydrogen-bond acceptors (Lipinski definition) is 4. The maximum Gasteiger partial charge on any atom is 0.325 e. The predicted octanol–water partition coefficient (Wildman–Crippen LogP) is 3.87. The molecule has 142 valence electrons. The minimum absolute atomic E-state index is 0.158. The van der Waals surface area contributed by atoms with Crippen molar-refractivity contribution >= 4 is 58.3 Å². The fourth-order valence-electron chi connectivity index (χ4n) is 2.07. The van der Waals surface area contributed by atoms with Gasteiger partial charge in [-0.1, -0.05) is 34.8 Å². The molecule has 2 amide bonds. The van der Waals surface area contributed by atoms with Crippen LogP contribution in [0.2, 0.25) is 15.1 Å². The first-order valence-electron chi connectivity index (χ1n) is 7.71. The largest absolute Gasteiger partial charge is 0.454 e. The molecule has 0 aliphatic heterocycles. The Morgan fingerprint density at radius 3 is 2.33 bits per heavy atom. The summed E-state index contributed by atoms with van der Waals surface area (Å²) in [7, 11) is 0. The minimum Gasteiger partial charge on any atom is -0.454 e. The van der Waals surface area contributed by atoms with E-state index in [-0.39, 0.29) is 10.6 Å². The van der Waals surface area contributed by atoms with Gasteiger partial charge in [0.2, 0.25) is 0 Å². The molecule has 0 fully saturated rings. The first kappa shape index (κ1) is 21.0. The second-order valence-corrected chi connectivity index (χ2v) is 6.76. The van der Waals surface area contributed by atoms with Gasteiger partial charge in [-0.3, -0.25) is 14.4 Å². The van der Waals surface area contributed by atoms with E-state index in [4.69, 9.17) is 39.5 Å². The Balaban J connectivity index is 1.78. The Kier molecular flexibility index (Phi) is 7.47. The summed E-state index contributed by atoms with van der Waals surface area (Å²) in [6, 6.07) is 9.33. The van der Waals surface area contributed by atoms with Crippen molar-refractivity contribution in [2.75, 3.05) is 18.5 Å². The van der Waals surface area contributed by atoms with Crippen molar-refractivity contribution in [3.05, 3.63) is 62.6 Å². The molecule has 0 atom stereocenters. The lowest BCUT2D eigenvalue weighted by molar-refractivity contribution is -0.146. The molecular formula is C18H15Cl3N2O4. The molecule has 9 heteroatoms. The molecule has 2 aromatic rings. The summed E-state index contributed by atoms with van der Waals surface area (Å²) >= 11 is 17.5. The molecule has 0 heterocycles. The zero-order valence-electron chi connectivity index (χ0n) is 14.1. The highest BCUT2D eigenvalue weighted by molar-refractivity contribution is 6.36. The van der Waals surface area contributed by atoms with Crippen molar-refractivity contribution in [1.29, 1.82) is 0 Å². The van der Waals surface area contributed by atoms with Crippen LogP contribution in [0.15, 0.2) is 36.4 Å². The third-order valence-electron chi connectivity index (χ3n) is 3.40. The van der Waals surface area contributed by atoms with Crippen molar-refractivity contribution in [2.45, 2.75) is 6.92 Å². The van der Waals surface area contributed by atoms with Crippen LogP contribution in [0.1, 0.15) is 15.9 Å². The number of esters is 1. The molecule has 0 aliphatic rings. The van der Waals surface area contributed by atoms with Gasteiger partial charge in [-0.25, -0.2) is 0 Å². The van der Waals surface area contributed by atoms with Crippen molar-refractivity contribution in [2.24, 2.45) is 0 Å². The van der Waals surface area contributed by atoms with Crippen LogP contribution in [0.4, 0.5) is 5.69 Å². The van der Waals surface area contributed by atoms with Crippen molar-refractivity contribution in [1.82, 2.24) is 5.32 Å². The topological polar surface area (TPSA) is 84.5 Å². The number of carbonyl (C=O) groups is 3. The van der Waals surface area contributed by atoms with E-state index < -0.39 is 30.9 Å². The van der Waals surface area contributed by atoms with E-state index in [2.05, 4.69) is 10.6 Å². The van der Waals surface area contributed by atoms with Gasteiger partial charge in [0, 0.05) is 15.7 Å². The number of amides is 2. The highest BCUT2D eigenvalue weighted by Crippen LogP contribution is 2.21. The molecule has 2 aromatic carbocycles. The molecule has 0 aliphatic carbocycles. The molecule has 0 unspecified atom stereocenters. The first-order chi connectivity index (χ1) is 12.8. The average Bonchev–Trinajstić information content (AvgIpc) is 2.60. The Hall–Kier alpha value is -2.28. The molecular weight excluding hydrogens is 415 g/mol. The highest BCUT2D eigenvalue weighted by atomic mass is 35.5. The number of rotatable bonds is 6.